The van der Waals surface area contributed by atoms with E-state index >= 15 is 0 Å². The lowest BCUT2D eigenvalue weighted by atomic mass is 9.94. The Morgan fingerprint density at radius 2 is 0.833 bits per heavy atom. The molecule has 0 aromatic heterocycles. The lowest BCUT2D eigenvalue weighted by Gasteiger charge is -2.37. The quantitative estimate of drug-likeness (QED) is 0.235. The first kappa shape index (κ1) is 44.0. The molecule has 0 radical (unpaired) electrons. The predicted octanol–water partition coefficient (Wildman–Crippen LogP) is 10.5. The second kappa shape index (κ2) is 31.0. The average molecular weight is 511 g/mol. The topological polar surface area (TPSA) is 36.9 Å². The summed E-state index contributed by atoms with van der Waals surface area (Å²) in [6, 6.07) is 19.6. The van der Waals surface area contributed by atoms with Crippen LogP contribution in [0.4, 0.5) is 0 Å². The van der Waals surface area contributed by atoms with Crippen LogP contribution < -0.4 is 9.47 Å². The zero-order valence-electron chi connectivity index (χ0n) is 21.3. The second-order valence-electron chi connectivity index (χ2n) is 6.49. The molecule has 0 bridgehead atoms. The van der Waals surface area contributed by atoms with E-state index in [4.69, 9.17) is 18.9 Å². The van der Waals surface area contributed by atoms with Crippen LogP contribution >= 0.6 is 0 Å². The summed E-state index contributed by atoms with van der Waals surface area (Å²) in [6.07, 6.45) is 5.39. The van der Waals surface area contributed by atoms with Crippen LogP contribution in [0, 0.1) is 0 Å². The molecule has 0 unspecified atom stereocenters. The van der Waals surface area contributed by atoms with Crippen LogP contribution in [0.25, 0.3) is 0 Å². The summed E-state index contributed by atoms with van der Waals surface area (Å²) in [6.45, 7) is 14.1. The van der Waals surface area contributed by atoms with Gasteiger partial charge in [0.15, 0.2) is 5.79 Å². The molecular formula is C32H62O4. The maximum atomic E-state index is 6.14. The van der Waals surface area contributed by atoms with E-state index in [0.29, 0.717) is 26.4 Å². The number of hydrogen-bond acceptors (Lipinski definition) is 4. The third-order valence-electron chi connectivity index (χ3n) is 4.54. The van der Waals surface area contributed by atoms with E-state index in [1.165, 1.54) is 6.42 Å². The molecule has 2 aromatic rings. The Balaban J connectivity index is -0.000000298. The van der Waals surface area contributed by atoms with Gasteiger partial charge in [0.1, 0.15) is 24.7 Å². The smallest absolute Gasteiger partial charge is 0.168 e. The largest absolute Gasteiger partial charge is 0.491 e. The van der Waals surface area contributed by atoms with Gasteiger partial charge in [-0.3, -0.25) is 0 Å². The lowest BCUT2D eigenvalue weighted by molar-refractivity contribution is -0.256. The van der Waals surface area contributed by atoms with Crippen LogP contribution in [0.15, 0.2) is 60.7 Å². The first-order valence-electron chi connectivity index (χ1n) is 12.5. The zero-order valence-corrected chi connectivity index (χ0v) is 21.3. The van der Waals surface area contributed by atoms with Gasteiger partial charge < -0.3 is 18.9 Å². The first-order chi connectivity index (χ1) is 15.9. The molecule has 4 nitrogen and oxygen atoms in total. The molecule has 214 valence electrons. The third kappa shape index (κ3) is 19.2. The van der Waals surface area contributed by atoms with Gasteiger partial charge in [0.05, 0.1) is 13.2 Å². The van der Waals surface area contributed by atoms with Crippen molar-refractivity contribution in [3.05, 3.63) is 60.7 Å². The number of rotatable bonds is 10. The minimum Gasteiger partial charge on any atom is -0.491 e. The van der Waals surface area contributed by atoms with Crippen LogP contribution in [-0.4, -0.2) is 32.2 Å². The van der Waals surface area contributed by atoms with Crippen molar-refractivity contribution < 1.29 is 18.9 Å². The summed E-state index contributed by atoms with van der Waals surface area (Å²) in [5.74, 6) is 1.25. The average Bonchev–Trinajstić information content (AvgIpc) is 2.90. The van der Waals surface area contributed by atoms with E-state index in [2.05, 4.69) is 0 Å². The molecule has 1 fully saturated rings. The molecule has 1 aliphatic carbocycles. The zero-order chi connectivity index (χ0) is 23.9. The fraction of sp³-hybridized carbons (Fsp3) is 0.625. The molecule has 1 saturated carbocycles. The van der Waals surface area contributed by atoms with Gasteiger partial charge in [-0.15, -0.1) is 0 Å². The van der Waals surface area contributed by atoms with Gasteiger partial charge in [0.25, 0.3) is 0 Å². The van der Waals surface area contributed by atoms with E-state index in [1.807, 2.05) is 102 Å². The molecule has 3 rings (SSSR count). The van der Waals surface area contributed by atoms with Gasteiger partial charge in [-0.25, -0.2) is 0 Å². The van der Waals surface area contributed by atoms with Crippen LogP contribution in [-0.2, 0) is 9.47 Å². The Labute approximate surface area is 226 Å². The Hall–Kier alpha value is -2.04. The normalized spacial score (nSPS) is 12.2. The number of para-hydroxylation sites is 2. The van der Waals surface area contributed by atoms with E-state index < -0.39 is 5.79 Å². The summed E-state index contributed by atoms with van der Waals surface area (Å²) in [7, 11) is 0. The summed E-state index contributed by atoms with van der Waals surface area (Å²) >= 11 is 0. The summed E-state index contributed by atoms with van der Waals surface area (Å²) in [5, 5.41) is 0. The summed E-state index contributed by atoms with van der Waals surface area (Å²) < 4.78 is 23.7. The maximum absolute atomic E-state index is 6.14. The molecule has 4 heteroatoms. The fourth-order valence-corrected chi connectivity index (χ4v) is 3.23. The van der Waals surface area contributed by atoms with Crippen LogP contribution in [0.3, 0.4) is 0 Å². The molecule has 0 aliphatic heterocycles. The third-order valence-corrected chi connectivity index (χ3v) is 4.54. The number of ether oxygens (including phenoxy) is 4. The van der Waals surface area contributed by atoms with Crippen molar-refractivity contribution in [3.63, 3.8) is 0 Å². The Morgan fingerprint density at radius 3 is 1.17 bits per heavy atom. The summed E-state index contributed by atoms with van der Waals surface area (Å²) in [5.41, 5.74) is 0. The molecule has 0 saturated heterocycles. The molecule has 2 aromatic carbocycles. The molecule has 0 amide bonds. The van der Waals surface area contributed by atoms with Crippen LogP contribution in [0.2, 0.25) is 0 Å². The minimum absolute atomic E-state index is 0. The van der Waals surface area contributed by atoms with Crippen LogP contribution in [0.5, 0.6) is 11.5 Å². The molecule has 36 heavy (non-hydrogen) atoms. The van der Waals surface area contributed by atoms with Gasteiger partial charge >= 0.3 is 0 Å². The molecule has 0 heterocycles. The molecule has 0 N–H and O–H groups in total. The molecule has 0 atom stereocenters. The molecule has 0 spiro atoms. The highest BCUT2D eigenvalue weighted by molar-refractivity contribution is 5.21. The van der Waals surface area contributed by atoms with E-state index in [1.54, 1.807) is 0 Å². The lowest BCUT2D eigenvalue weighted by Crippen LogP contribution is -2.40. The van der Waals surface area contributed by atoms with Gasteiger partial charge in [-0.2, -0.15) is 0 Å². The highest BCUT2D eigenvalue weighted by atomic mass is 16.7. The van der Waals surface area contributed by atoms with Gasteiger partial charge in [-0.1, -0.05) is 114 Å². The highest BCUT2D eigenvalue weighted by Crippen LogP contribution is 2.32. The summed E-state index contributed by atoms with van der Waals surface area (Å²) in [4.78, 5) is 0. The van der Waals surface area contributed by atoms with Crippen molar-refractivity contribution >= 4 is 0 Å². The number of hydrogen-bond donors (Lipinski definition) is 0. The van der Waals surface area contributed by atoms with Crippen molar-refractivity contribution in [2.24, 2.45) is 0 Å². The SMILES string of the molecule is C.C.C.C.CC.CC.CC.c1ccc(OCCOC2(OCCOc3ccccc3)CCCCC2)cc1. The van der Waals surface area contributed by atoms with Crippen LogP contribution in [0.1, 0.15) is 103 Å². The van der Waals surface area contributed by atoms with Crippen molar-refractivity contribution in [2.75, 3.05) is 26.4 Å². The Bertz CT molecular complexity index is 561. The van der Waals surface area contributed by atoms with Crippen molar-refractivity contribution in [1.29, 1.82) is 0 Å². The standard InChI is InChI=1S/C22H28O4.3C2H6.4CH4/c1-4-10-20(11-5-1)23-16-18-25-22(14-8-3-9-15-22)26-19-17-24-21-12-6-2-7-13-21;3*1-2;;;;/h1-2,4-7,10-13H,3,8-9,14-19H2;3*1-2H3;4*1H4. The Morgan fingerprint density at radius 1 is 0.500 bits per heavy atom. The highest BCUT2D eigenvalue weighted by Gasteiger charge is 2.33. The molecule has 1 aliphatic rings. The van der Waals surface area contributed by atoms with Crippen molar-refractivity contribution in [3.8, 4) is 11.5 Å². The van der Waals surface area contributed by atoms with E-state index in [9.17, 15) is 0 Å². The number of benzene rings is 2. The second-order valence-corrected chi connectivity index (χ2v) is 6.49. The van der Waals surface area contributed by atoms with E-state index in [-0.39, 0.29) is 29.7 Å². The first-order valence-corrected chi connectivity index (χ1v) is 12.5. The fourth-order valence-electron chi connectivity index (χ4n) is 3.23. The predicted molar refractivity (Wildman–Crippen MR) is 163 cm³/mol. The van der Waals surface area contributed by atoms with E-state index in [0.717, 1.165) is 37.2 Å². The Kier molecular flexibility index (Phi) is 37.9. The minimum atomic E-state index is -0.488. The van der Waals surface area contributed by atoms with Gasteiger partial charge in [0, 0.05) is 12.8 Å². The van der Waals surface area contributed by atoms with Crippen molar-refractivity contribution in [2.45, 2.75) is 109 Å². The van der Waals surface area contributed by atoms with Gasteiger partial charge in [-0.05, 0) is 37.1 Å². The monoisotopic (exact) mass is 510 g/mol. The molecular weight excluding hydrogens is 448 g/mol. The van der Waals surface area contributed by atoms with Gasteiger partial charge in [0.2, 0.25) is 0 Å². The maximum Gasteiger partial charge on any atom is 0.168 e. The van der Waals surface area contributed by atoms with Crippen molar-refractivity contribution in [1.82, 2.24) is 0 Å².